The predicted molar refractivity (Wildman–Crippen MR) is 38.2 cm³/mol. The molecule has 0 heterocycles. The molecule has 0 aliphatic rings. The lowest BCUT2D eigenvalue weighted by molar-refractivity contribution is -0.205. The fourth-order valence-electron chi connectivity index (χ4n) is 0.778. The van der Waals surface area contributed by atoms with Crippen LogP contribution in [0, 0.1) is 0 Å². The van der Waals surface area contributed by atoms with Crippen LogP contribution >= 0.6 is 0 Å². The number of aliphatic hydroxyl groups is 1. The number of hydrogen-bond donors (Lipinski definition) is 2. The largest absolute Gasteiger partial charge is 0.481 e. The Bertz CT molecular complexity index is 167. The number of carboxylic acids is 1. The lowest BCUT2D eigenvalue weighted by Crippen LogP contribution is -2.28. The van der Waals surface area contributed by atoms with Crippen molar-refractivity contribution in [2.75, 3.05) is 0 Å². The molecule has 0 rings (SSSR count). The monoisotopic (exact) mass is 200 g/mol. The standard InChI is InChI=1S/C7H11F3O3/c8-7(9,10)5(11)3-1-2-4-6(12)13/h5,11H,1-4H2,(H,12,13). The molecule has 0 bridgehead atoms. The number of rotatable bonds is 5. The van der Waals surface area contributed by atoms with Gasteiger partial charge in [-0.05, 0) is 19.3 Å². The Morgan fingerprint density at radius 1 is 1.31 bits per heavy atom. The van der Waals surface area contributed by atoms with Crippen molar-refractivity contribution < 1.29 is 28.2 Å². The number of unbranched alkanes of at least 4 members (excludes halogenated alkanes) is 1. The van der Waals surface area contributed by atoms with Crippen LogP contribution in [-0.2, 0) is 4.79 Å². The van der Waals surface area contributed by atoms with Crippen molar-refractivity contribution in [1.82, 2.24) is 0 Å². The molecule has 0 saturated carbocycles. The normalized spacial score (nSPS) is 14.2. The van der Waals surface area contributed by atoms with Crippen molar-refractivity contribution in [2.45, 2.75) is 38.0 Å². The Hall–Kier alpha value is -0.780. The summed E-state index contributed by atoms with van der Waals surface area (Å²) in [7, 11) is 0. The average Bonchev–Trinajstić information content (AvgIpc) is 1.95. The number of carbonyl (C=O) groups is 1. The van der Waals surface area contributed by atoms with Crippen LogP contribution in [0.4, 0.5) is 13.2 Å². The third kappa shape index (κ3) is 6.39. The van der Waals surface area contributed by atoms with Gasteiger partial charge < -0.3 is 10.2 Å². The molecule has 0 aromatic carbocycles. The summed E-state index contributed by atoms with van der Waals surface area (Å²) in [6.45, 7) is 0. The summed E-state index contributed by atoms with van der Waals surface area (Å²) in [5.74, 6) is -1.04. The highest BCUT2D eigenvalue weighted by Crippen LogP contribution is 2.23. The van der Waals surface area contributed by atoms with E-state index in [0.717, 1.165) is 0 Å². The van der Waals surface area contributed by atoms with Crippen LogP contribution in [0.25, 0.3) is 0 Å². The minimum absolute atomic E-state index is 0.0625. The van der Waals surface area contributed by atoms with Crippen LogP contribution in [0.3, 0.4) is 0 Å². The molecule has 0 aromatic rings. The van der Waals surface area contributed by atoms with E-state index in [1.165, 1.54) is 0 Å². The van der Waals surface area contributed by atoms with Crippen molar-refractivity contribution >= 4 is 5.97 Å². The lowest BCUT2D eigenvalue weighted by Gasteiger charge is -2.13. The van der Waals surface area contributed by atoms with Gasteiger partial charge in [0.2, 0.25) is 0 Å². The van der Waals surface area contributed by atoms with Gasteiger partial charge in [-0.25, -0.2) is 0 Å². The molecule has 1 atom stereocenters. The Kier molecular flexibility index (Phi) is 4.76. The molecule has 0 fully saturated rings. The quantitative estimate of drug-likeness (QED) is 0.662. The molecule has 0 amide bonds. The molecule has 6 heteroatoms. The highest BCUT2D eigenvalue weighted by molar-refractivity contribution is 5.66. The van der Waals surface area contributed by atoms with Crippen molar-refractivity contribution in [3.63, 3.8) is 0 Å². The van der Waals surface area contributed by atoms with E-state index in [4.69, 9.17) is 10.2 Å². The first kappa shape index (κ1) is 12.2. The number of aliphatic hydroxyl groups excluding tert-OH is 1. The maximum atomic E-state index is 11.7. The maximum Gasteiger partial charge on any atom is 0.414 e. The molecule has 2 N–H and O–H groups in total. The molecule has 0 radical (unpaired) electrons. The molecule has 13 heavy (non-hydrogen) atoms. The topological polar surface area (TPSA) is 57.5 Å². The molecule has 0 aliphatic heterocycles. The zero-order valence-corrected chi connectivity index (χ0v) is 6.84. The summed E-state index contributed by atoms with van der Waals surface area (Å²) in [6, 6.07) is 0. The van der Waals surface area contributed by atoms with Crippen molar-refractivity contribution in [3.05, 3.63) is 0 Å². The molecule has 78 valence electrons. The van der Waals surface area contributed by atoms with Gasteiger partial charge in [-0.2, -0.15) is 13.2 Å². The van der Waals surface area contributed by atoms with Crippen molar-refractivity contribution in [1.29, 1.82) is 0 Å². The minimum atomic E-state index is -4.59. The van der Waals surface area contributed by atoms with Crippen LogP contribution in [0.5, 0.6) is 0 Å². The second kappa shape index (κ2) is 5.06. The SMILES string of the molecule is O=C(O)CCCCC(O)C(F)(F)F. The zero-order valence-electron chi connectivity index (χ0n) is 6.84. The van der Waals surface area contributed by atoms with Gasteiger partial charge in [-0.1, -0.05) is 0 Å². The first-order valence-electron chi connectivity index (χ1n) is 3.80. The fourth-order valence-corrected chi connectivity index (χ4v) is 0.778. The summed E-state index contributed by atoms with van der Waals surface area (Å²) < 4.78 is 35.0. The summed E-state index contributed by atoms with van der Waals surface area (Å²) in [5, 5.41) is 16.6. The van der Waals surface area contributed by atoms with Crippen LogP contribution in [0.1, 0.15) is 25.7 Å². The van der Waals surface area contributed by atoms with Crippen LogP contribution < -0.4 is 0 Å². The minimum Gasteiger partial charge on any atom is -0.481 e. The Morgan fingerprint density at radius 3 is 2.23 bits per heavy atom. The molecule has 0 aliphatic carbocycles. The van der Waals surface area contributed by atoms with E-state index >= 15 is 0 Å². The zero-order chi connectivity index (χ0) is 10.5. The van der Waals surface area contributed by atoms with E-state index in [1.807, 2.05) is 0 Å². The number of hydrogen-bond acceptors (Lipinski definition) is 2. The Balaban J connectivity index is 3.49. The molecular weight excluding hydrogens is 189 g/mol. The maximum absolute atomic E-state index is 11.7. The van der Waals surface area contributed by atoms with Gasteiger partial charge in [-0.3, -0.25) is 4.79 Å². The van der Waals surface area contributed by atoms with Gasteiger partial charge in [0.05, 0.1) is 0 Å². The van der Waals surface area contributed by atoms with Gasteiger partial charge >= 0.3 is 12.1 Å². The third-order valence-electron chi connectivity index (χ3n) is 1.50. The number of halogens is 3. The van der Waals surface area contributed by atoms with Crippen molar-refractivity contribution in [3.8, 4) is 0 Å². The lowest BCUT2D eigenvalue weighted by atomic mass is 10.1. The summed E-state index contributed by atoms with van der Waals surface area (Å²) in [4.78, 5) is 9.96. The van der Waals surface area contributed by atoms with Crippen LogP contribution in [0.2, 0.25) is 0 Å². The third-order valence-corrected chi connectivity index (χ3v) is 1.50. The van der Waals surface area contributed by atoms with Gasteiger partial charge in [0, 0.05) is 6.42 Å². The highest BCUT2D eigenvalue weighted by atomic mass is 19.4. The predicted octanol–water partition coefficient (Wildman–Crippen LogP) is 1.55. The van der Waals surface area contributed by atoms with Crippen LogP contribution in [0.15, 0.2) is 0 Å². The van der Waals surface area contributed by atoms with E-state index in [9.17, 15) is 18.0 Å². The molecule has 3 nitrogen and oxygen atoms in total. The van der Waals surface area contributed by atoms with Crippen LogP contribution in [-0.4, -0.2) is 28.5 Å². The molecule has 0 saturated heterocycles. The Morgan fingerprint density at radius 2 is 1.85 bits per heavy atom. The summed E-state index contributed by atoms with van der Waals surface area (Å²) in [5.41, 5.74) is 0. The van der Waals surface area contributed by atoms with Gasteiger partial charge in [0.1, 0.15) is 6.10 Å². The number of aliphatic carboxylic acids is 1. The summed E-state index contributed by atoms with van der Waals surface area (Å²) in [6.07, 6.45) is -7.30. The second-order valence-corrected chi connectivity index (χ2v) is 2.70. The molecular formula is C7H11F3O3. The fraction of sp³-hybridized carbons (Fsp3) is 0.857. The van der Waals surface area contributed by atoms with Gasteiger partial charge in [-0.15, -0.1) is 0 Å². The number of carboxylic acid groups (broad SMARTS) is 1. The van der Waals surface area contributed by atoms with Gasteiger partial charge in [0.25, 0.3) is 0 Å². The van der Waals surface area contributed by atoms with E-state index in [1.54, 1.807) is 0 Å². The molecule has 0 aromatic heterocycles. The molecule has 1 unspecified atom stereocenters. The summed E-state index contributed by atoms with van der Waals surface area (Å²) >= 11 is 0. The van der Waals surface area contributed by atoms with E-state index < -0.39 is 24.7 Å². The van der Waals surface area contributed by atoms with E-state index in [0.29, 0.717) is 0 Å². The van der Waals surface area contributed by atoms with Crippen molar-refractivity contribution in [2.24, 2.45) is 0 Å². The number of alkyl halides is 3. The Labute approximate surface area is 73.2 Å². The van der Waals surface area contributed by atoms with E-state index in [2.05, 4.69) is 0 Å². The van der Waals surface area contributed by atoms with E-state index in [-0.39, 0.29) is 19.3 Å². The second-order valence-electron chi connectivity index (χ2n) is 2.70. The molecule has 0 spiro atoms. The average molecular weight is 200 g/mol. The first-order chi connectivity index (χ1) is 5.84. The smallest absolute Gasteiger partial charge is 0.414 e. The van der Waals surface area contributed by atoms with Gasteiger partial charge in [0.15, 0.2) is 0 Å². The highest BCUT2D eigenvalue weighted by Gasteiger charge is 2.37. The first-order valence-corrected chi connectivity index (χ1v) is 3.80.